The van der Waals surface area contributed by atoms with Crippen molar-refractivity contribution in [1.29, 1.82) is 0 Å². The van der Waals surface area contributed by atoms with Gasteiger partial charge in [0.2, 0.25) is 5.91 Å². The number of carbonyl (C=O) groups excluding carboxylic acids is 1. The predicted octanol–water partition coefficient (Wildman–Crippen LogP) is 2.43. The monoisotopic (exact) mass is 334 g/mol. The van der Waals surface area contributed by atoms with Gasteiger partial charge in [-0.1, -0.05) is 6.07 Å². The molecule has 1 heterocycles. The third kappa shape index (κ3) is 4.34. The van der Waals surface area contributed by atoms with Crippen molar-refractivity contribution in [2.45, 2.75) is 25.2 Å². The first-order valence-electron chi connectivity index (χ1n) is 7.09. The van der Waals surface area contributed by atoms with Crippen molar-refractivity contribution >= 4 is 5.91 Å². The van der Waals surface area contributed by atoms with E-state index in [4.69, 9.17) is 4.74 Å². The Labute approximate surface area is 131 Å². The van der Waals surface area contributed by atoms with Gasteiger partial charge in [-0.05, 0) is 31.2 Å². The van der Waals surface area contributed by atoms with Crippen molar-refractivity contribution in [3.05, 3.63) is 29.6 Å². The molecule has 1 aromatic carbocycles. The van der Waals surface area contributed by atoms with E-state index in [1.54, 1.807) is 18.0 Å². The maximum Gasteiger partial charge on any atom is 0.406 e. The molecule has 1 unspecified atom stereocenters. The molecule has 0 aliphatic carbocycles. The number of likely N-dealkylation sites (N-methyl/N-ethyl adjacent to an activating group) is 1. The van der Waals surface area contributed by atoms with E-state index in [-0.39, 0.29) is 18.8 Å². The van der Waals surface area contributed by atoms with Crippen LogP contribution in [0.2, 0.25) is 0 Å². The molecule has 0 saturated carbocycles. The summed E-state index contributed by atoms with van der Waals surface area (Å²) in [5.41, 5.74) is 0.618. The molecule has 4 nitrogen and oxygen atoms in total. The Morgan fingerprint density at radius 1 is 1.39 bits per heavy atom. The molecule has 0 N–H and O–H groups in total. The maximum absolute atomic E-state index is 13.7. The minimum atomic E-state index is -4.40. The highest BCUT2D eigenvalue weighted by Gasteiger charge is 2.40. The van der Waals surface area contributed by atoms with Crippen LogP contribution in [0.1, 0.15) is 12.0 Å². The summed E-state index contributed by atoms with van der Waals surface area (Å²) in [6.45, 7) is -0.894. The quantitative estimate of drug-likeness (QED) is 0.776. The topological polar surface area (TPSA) is 32.8 Å². The van der Waals surface area contributed by atoms with Crippen molar-refractivity contribution in [2.75, 3.05) is 27.2 Å². The predicted molar refractivity (Wildman–Crippen MR) is 75.5 cm³/mol. The van der Waals surface area contributed by atoms with Gasteiger partial charge < -0.3 is 9.64 Å². The van der Waals surface area contributed by atoms with E-state index in [9.17, 15) is 22.4 Å². The second-order valence-corrected chi connectivity index (χ2v) is 5.56. The lowest BCUT2D eigenvalue weighted by atomic mass is 10.1. The van der Waals surface area contributed by atoms with Crippen LogP contribution in [0.5, 0.6) is 5.75 Å². The van der Waals surface area contributed by atoms with Gasteiger partial charge in [0.15, 0.2) is 11.6 Å². The largest absolute Gasteiger partial charge is 0.494 e. The number of methoxy groups -OCH3 is 1. The number of benzene rings is 1. The van der Waals surface area contributed by atoms with E-state index < -0.39 is 30.5 Å². The van der Waals surface area contributed by atoms with Gasteiger partial charge in [0, 0.05) is 13.1 Å². The molecule has 1 aromatic rings. The van der Waals surface area contributed by atoms with Gasteiger partial charge in [-0.3, -0.25) is 9.69 Å². The van der Waals surface area contributed by atoms with Gasteiger partial charge in [-0.25, -0.2) is 4.39 Å². The lowest BCUT2D eigenvalue weighted by Gasteiger charge is -2.24. The number of ether oxygens (including phenoxy) is 1. The summed E-state index contributed by atoms with van der Waals surface area (Å²) in [7, 11) is 3.00. The normalized spacial score (nSPS) is 18.8. The molecule has 128 valence electrons. The zero-order valence-electron chi connectivity index (χ0n) is 12.9. The number of hydrogen-bond acceptors (Lipinski definition) is 3. The Kier molecular flexibility index (Phi) is 5.13. The second kappa shape index (κ2) is 6.74. The number of alkyl halides is 3. The summed E-state index contributed by atoms with van der Waals surface area (Å²) in [6, 6.07) is 3.81. The highest BCUT2D eigenvalue weighted by Crippen LogP contribution is 2.24. The molecule has 1 fully saturated rings. The molecule has 1 aliphatic rings. The second-order valence-electron chi connectivity index (χ2n) is 5.56. The van der Waals surface area contributed by atoms with Crippen LogP contribution in [0.15, 0.2) is 18.2 Å². The van der Waals surface area contributed by atoms with Crippen LogP contribution in [0.4, 0.5) is 17.6 Å². The first-order chi connectivity index (χ1) is 10.7. The Balaban J connectivity index is 2.00. The number of halogens is 4. The van der Waals surface area contributed by atoms with Crippen LogP contribution >= 0.6 is 0 Å². The van der Waals surface area contributed by atoms with Gasteiger partial charge in [-0.2, -0.15) is 13.2 Å². The molecule has 0 bridgehead atoms. The van der Waals surface area contributed by atoms with Gasteiger partial charge in [0.1, 0.15) is 6.54 Å². The minimum absolute atomic E-state index is 0.0737. The van der Waals surface area contributed by atoms with Crippen molar-refractivity contribution < 1.29 is 27.1 Å². The number of nitrogens with zero attached hydrogens (tertiary/aromatic N) is 2. The zero-order chi connectivity index (χ0) is 17.2. The fourth-order valence-corrected chi connectivity index (χ4v) is 2.71. The highest BCUT2D eigenvalue weighted by molar-refractivity contribution is 5.84. The summed E-state index contributed by atoms with van der Waals surface area (Å²) in [6.07, 6.45) is -4.08. The molecule has 2 rings (SSSR count). The third-order valence-electron chi connectivity index (χ3n) is 3.82. The van der Waals surface area contributed by atoms with Gasteiger partial charge >= 0.3 is 6.18 Å². The lowest BCUT2D eigenvalue weighted by molar-refractivity contribution is -0.159. The molecular weight excluding hydrogens is 316 g/mol. The molecule has 1 amide bonds. The smallest absolute Gasteiger partial charge is 0.406 e. The SMILES string of the molecule is COc1ccc(CN(C)C2CCN(CC(F)(F)F)C2=O)cc1F. The van der Waals surface area contributed by atoms with E-state index in [1.165, 1.54) is 19.2 Å². The fraction of sp³-hybridized carbons (Fsp3) is 0.533. The fourth-order valence-electron chi connectivity index (χ4n) is 2.71. The Hall–Kier alpha value is -1.83. The van der Waals surface area contributed by atoms with Crippen LogP contribution in [-0.4, -0.2) is 55.2 Å². The summed E-state index contributed by atoms with van der Waals surface area (Å²) < 4.78 is 55.7. The van der Waals surface area contributed by atoms with Gasteiger partial charge in [0.25, 0.3) is 0 Å². The van der Waals surface area contributed by atoms with Crippen LogP contribution in [-0.2, 0) is 11.3 Å². The number of amides is 1. The molecular formula is C15H18F4N2O2. The van der Waals surface area contributed by atoms with Crippen LogP contribution in [0.25, 0.3) is 0 Å². The van der Waals surface area contributed by atoms with Crippen molar-refractivity contribution in [3.63, 3.8) is 0 Å². The molecule has 0 spiro atoms. The average Bonchev–Trinajstić information content (AvgIpc) is 2.78. The van der Waals surface area contributed by atoms with Crippen LogP contribution < -0.4 is 4.74 Å². The Morgan fingerprint density at radius 3 is 2.65 bits per heavy atom. The van der Waals surface area contributed by atoms with Gasteiger partial charge in [0.05, 0.1) is 13.2 Å². The van der Waals surface area contributed by atoms with Crippen molar-refractivity contribution in [1.82, 2.24) is 9.80 Å². The van der Waals surface area contributed by atoms with E-state index in [0.29, 0.717) is 12.0 Å². The Morgan fingerprint density at radius 2 is 2.09 bits per heavy atom. The molecule has 8 heteroatoms. The molecule has 0 aromatic heterocycles. The van der Waals surface area contributed by atoms with E-state index in [2.05, 4.69) is 0 Å². The highest BCUT2D eigenvalue weighted by atomic mass is 19.4. The number of carbonyl (C=O) groups is 1. The molecule has 1 aliphatic heterocycles. The molecule has 23 heavy (non-hydrogen) atoms. The summed E-state index contributed by atoms with van der Waals surface area (Å²) in [4.78, 5) is 14.5. The zero-order valence-corrected chi connectivity index (χ0v) is 12.9. The number of hydrogen-bond donors (Lipinski definition) is 0. The Bertz CT molecular complexity index is 577. The first kappa shape index (κ1) is 17.5. The first-order valence-corrected chi connectivity index (χ1v) is 7.09. The van der Waals surface area contributed by atoms with Crippen molar-refractivity contribution in [2.24, 2.45) is 0 Å². The molecule has 0 radical (unpaired) electrons. The molecule has 1 atom stereocenters. The van der Waals surface area contributed by atoms with Crippen LogP contribution in [0, 0.1) is 5.82 Å². The summed E-state index contributed by atoms with van der Waals surface area (Å²) in [5, 5.41) is 0. The van der Waals surface area contributed by atoms with Crippen LogP contribution in [0.3, 0.4) is 0 Å². The van der Waals surface area contributed by atoms with Crippen molar-refractivity contribution in [3.8, 4) is 5.75 Å². The number of likely N-dealkylation sites (tertiary alicyclic amines) is 1. The maximum atomic E-state index is 13.7. The van der Waals surface area contributed by atoms with E-state index in [0.717, 1.165) is 4.90 Å². The minimum Gasteiger partial charge on any atom is -0.494 e. The summed E-state index contributed by atoms with van der Waals surface area (Å²) >= 11 is 0. The standard InChI is InChI=1S/C15H18F4N2O2/c1-20(8-10-3-4-13(23-2)11(16)7-10)12-5-6-21(14(12)22)9-15(17,18)19/h3-4,7,12H,5-6,8-9H2,1-2H3. The summed E-state index contributed by atoms with van der Waals surface area (Å²) in [5.74, 6) is -0.946. The average molecular weight is 334 g/mol. The van der Waals surface area contributed by atoms with Gasteiger partial charge in [-0.15, -0.1) is 0 Å². The third-order valence-corrected chi connectivity index (χ3v) is 3.82. The van der Waals surface area contributed by atoms with E-state index in [1.807, 2.05) is 0 Å². The molecule has 1 saturated heterocycles. The number of rotatable bonds is 5. The lowest BCUT2D eigenvalue weighted by Crippen LogP contribution is -2.42. The van der Waals surface area contributed by atoms with E-state index >= 15 is 0 Å².